The predicted molar refractivity (Wildman–Crippen MR) is 142 cm³/mol. The van der Waals surface area contributed by atoms with Gasteiger partial charge in [-0.25, -0.2) is 18.5 Å². The van der Waals surface area contributed by atoms with Gasteiger partial charge in [0.1, 0.15) is 11.1 Å². The van der Waals surface area contributed by atoms with E-state index in [-0.39, 0.29) is 41.7 Å². The number of hydrogen-bond donors (Lipinski definition) is 4. The number of carbonyl (C=O) groups excluding carboxylic acids is 2. The van der Waals surface area contributed by atoms with E-state index in [0.717, 1.165) is 10.6 Å². The van der Waals surface area contributed by atoms with Gasteiger partial charge in [0.05, 0.1) is 5.69 Å². The summed E-state index contributed by atoms with van der Waals surface area (Å²) in [4.78, 5) is 36.8. The number of nitrogens with one attached hydrogen (secondary N) is 4. The summed E-state index contributed by atoms with van der Waals surface area (Å²) < 4.78 is 28.4. The number of rotatable bonds is 5. The van der Waals surface area contributed by atoms with Crippen molar-refractivity contribution >= 4 is 61.6 Å². The van der Waals surface area contributed by atoms with Gasteiger partial charge < -0.3 is 15.2 Å². The molecule has 2 unspecified atom stereocenters. The number of anilines is 1. The summed E-state index contributed by atoms with van der Waals surface area (Å²) in [6.45, 7) is 2.36. The number of benzene rings is 1. The Morgan fingerprint density at radius 2 is 2.08 bits per heavy atom. The fourth-order valence-corrected chi connectivity index (χ4v) is 7.36. The highest BCUT2D eigenvalue weighted by molar-refractivity contribution is 7.89. The molecule has 6 rings (SSSR count). The average molecular weight is 591 g/mol. The van der Waals surface area contributed by atoms with Crippen molar-refractivity contribution in [1.29, 1.82) is 0 Å². The van der Waals surface area contributed by atoms with Crippen LogP contribution in [0, 0.1) is 0 Å². The molecular weight excluding hydrogens is 568 g/mol. The Morgan fingerprint density at radius 3 is 2.87 bits per heavy atom. The van der Waals surface area contributed by atoms with Crippen LogP contribution in [0.15, 0.2) is 29.3 Å². The summed E-state index contributed by atoms with van der Waals surface area (Å²) in [5.74, 6) is -1.10. The van der Waals surface area contributed by atoms with Crippen molar-refractivity contribution in [3.8, 4) is 0 Å². The third kappa shape index (κ3) is 4.89. The van der Waals surface area contributed by atoms with E-state index in [2.05, 4.69) is 41.2 Å². The molecule has 4 N–H and O–H groups in total. The van der Waals surface area contributed by atoms with Crippen molar-refractivity contribution in [2.45, 2.75) is 37.0 Å². The summed E-state index contributed by atoms with van der Waals surface area (Å²) >= 11 is 7.34. The number of aromatic amines is 2. The topological polar surface area (TPSA) is 182 Å². The van der Waals surface area contributed by atoms with Gasteiger partial charge in [0.15, 0.2) is 5.01 Å². The molecule has 0 spiro atoms. The Balaban J connectivity index is 1.29. The minimum absolute atomic E-state index is 0.0124. The number of hydrogen-bond acceptors (Lipinski definition) is 10. The first-order valence-corrected chi connectivity index (χ1v) is 14.7. The molecule has 0 radical (unpaired) electrons. The minimum atomic E-state index is -4.04. The van der Waals surface area contributed by atoms with Gasteiger partial charge in [0.2, 0.25) is 5.95 Å². The maximum atomic E-state index is 13.6. The van der Waals surface area contributed by atoms with Crippen LogP contribution in [0.2, 0.25) is 5.02 Å². The molecule has 5 heterocycles. The van der Waals surface area contributed by atoms with Crippen molar-refractivity contribution in [2.24, 2.45) is 0 Å². The molecule has 4 aromatic rings. The summed E-state index contributed by atoms with van der Waals surface area (Å²) in [6, 6.07) is 5.59. The van der Waals surface area contributed by atoms with Crippen molar-refractivity contribution < 1.29 is 18.0 Å². The van der Waals surface area contributed by atoms with E-state index in [0.29, 0.717) is 28.9 Å². The van der Waals surface area contributed by atoms with E-state index < -0.39 is 27.9 Å². The van der Waals surface area contributed by atoms with Crippen molar-refractivity contribution in [3.05, 3.63) is 44.9 Å². The molecule has 0 saturated carbocycles. The summed E-state index contributed by atoms with van der Waals surface area (Å²) in [5, 5.41) is 20.2. The molecule has 1 fully saturated rings. The van der Waals surface area contributed by atoms with Crippen LogP contribution in [-0.2, 0) is 27.8 Å². The highest BCUT2D eigenvalue weighted by Crippen LogP contribution is 2.28. The Bertz CT molecular complexity index is 1670. The lowest BCUT2D eigenvalue weighted by molar-refractivity contribution is -0.121. The summed E-state index contributed by atoms with van der Waals surface area (Å²) in [5.41, 5.74) is 1.47. The van der Waals surface area contributed by atoms with Gasteiger partial charge in [-0.3, -0.25) is 14.9 Å². The van der Waals surface area contributed by atoms with Crippen molar-refractivity contribution in [1.82, 2.24) is 45.1 Å². The van der Waals surface area contributed by atoms with Gasteiger partial charge in [-0.05, 0) is 41.6 Å². The van der Waals surface area contributed by atoms with Gasteiger partial charge in [0.25, 0.3) is 21.8 Å². The maximum Gasteiger partial charge on any atom is 0.283 e. The molecule has 2 atom stereocenters. The Morgan fingerprint density at radius 1 is 1.23 bits per heavy atom. The smallest absolute Gasteiger partial charge is 0.283 e. The molecule has 3 aromatic heterocycles. The average Bonchev–Trinajstić information content (AvgIpc) is 3.67. The van der Waals surface area contributed by atoms with E-state index in [1.807, 2.05) is 6.92 Å². The standard InChI is InChI=1S/C22H23ClN10O4S2/c1-11-6-15-17(9-24-11)38-20(26-15)21(35)33-5-4-32(10-16(33)19(34)27-22-28-30-31-29-22)39(36,37)18-8-12-7-13(23)2-3-14(12)25-18/h2-3,7-8,11,16,24-25H,4-6,9-10H2,1H3,(H2,27,28,29,30,31,34). The van der Waals surface area contributed by atoms with E-state index in [1.54, 1.807) is 18.2 Å². The second-order valence-electron chi connectivity index (χ2n) is 9.36. The normalized spacial score (nSPS) is 20.2. The van der Waals surface area contributed by atoms with Gasteiger partial charge in [0, 0.05) is 59.4 Å². The number of carbonyl (C=O) groups is 2. The van der Waals surface area contributed by atoms with Crippen LogP contribution in [0.25, 0.3) is 10.9 Å². The first-order valence-electron chi connectivity index (χ1n) is 12.0. The minimum Gasteiger partial charge on any atom is -0.345 e. The SMILES string of the molecule is CC1Cc2nc(C(=O)N3CCN(S(=O)(=O)c4cc5cc(Cl)ccc5[nH]4)CC3C(=O)Nc3nnn[nH]3)sc2CN1. The van der Waals surface area contributed by atoms with Crippen LogP contribution in [0.5, 0.6) is 0 Å². The number of amides is 2. The van der Waals surface area contributed by atoms with E-state index in [1.165, 1.54) is 26.6 Å². The zero-order valence-corrected chi connectivity index (χ0v) is 22.9. The lowest BCUT2D eigenvalue weighted by atomic mass is 10.1. The molecular formula is C22H23ClN10O4S2. The predicted octanol–water partition coefficient (Wildman–Crippen LogP) is 0.979. The lowest BCUT2D eigenvalue weighted by Gasteiger charge is -2.39. The molecule has 1 aromatic carbocycles. The number of thiazole rings is 1. The molecule has 2 aliphatic heterocycles. The Labute approximate surface area is 231 Å². The largest absolute Gasteiger partial charge is 0.345 e. The van der Waals surface area contributed by atoms with Crippen LogP contribution in [0.4, 0.5) is 5.95 Å². The van der Waals surface area contributed by atoms with Crippen LogP contribution in [-0.4, -0.2) is 91.7 Å². The van der Waals surface area contributed by atoms with Gasteiger partial charge >= 0.3 is 0 Å². The number of nitrogens with zero attached hydrogens (tertiary/aromatic N) is 6. The van der Waals surface area contributed by atoms with E-state index in [9.17, 15) is 18.0 Å². The summed E-state index contributed by atoms with van der Waals surface area (Å²) in [6.07, 6.45) is 0.698. The number of sulfonamides is 1. The number of tetrazole rings is 1. The highest BCUT2D eigenvalue weighted by Gasteiger charge is 2.42. The quantitative estimate of drug-likeness (QED) is 0.263. The highest BCUT2D eigenvalue weighted by atomic mass is 35.5. The molecule has 204 valence electrons. The number of H-pyrrole nitrogens is 2. The van der Waals surface area contributed by atoms with Crippen LogP contribution in [0.3, 0.4) is 0 Å². The zero-order valence-electron chi connectivity index (χ0n) is 20.5. The molecule has 1 saturated heterocycles. The van der Waals surface area contributed by atoms with Gasteiger partial charge in [-0.2, -0.15) is 4.31 Å². The molecule has 2 aliphatic rings. The van der Waals surface area contributed by atoms with Crippen LogP contribution < -0.4 is 10.6 Å². The molecule has 0 bridgehead atoms. The molecule has 17 heteroatoms. The number of fused-ring (bicyclic) bond motifs is 2. The van der Waals surface area contributed by atoms with Crippen molar-refractivity contribution in [2.75, 3.05) is 25.0 Å². The number of aromatic nitrogens is 6. The number of halogens is 1. The van der Waals surface area contributed by atoms with E-state index in [4.69, 9.17) is 11.6 Å². The first kappa shape index (κ1) is 25.8. The fourth-order valence-electron chi connectivity index (χ4n) is 4.74. The molecule has 39 heavy (non-hydrogen) atoms. The fraction of sp³-hybridized carbons (Fsp3) is 0.364. The second-order valence-corrected chi connectivity index (χ2v) is 12.8. The lowest BCUT2D eigenvalue weighted by Crippen LogP contribution is -2.60. The third-order valence-electron chi connectivity index (χ3n) is 6.74. The summed E-state index contributed by atoms with van der Waals surface area (Å²) in [7, 11) is -4.04. The van der Waals surface area contributed by atoms with Gasteiger partial charge in [-0.15, -0.1) is 11.3 Å². The molecule has 14 nitrogen and oxygen atoms in total. The van der Waals surface area contributed by atoms with Crippen LogP contribution >= 0.6 is 22.9 Å². The van der Waals surface area contributed by atoms with Gasteiger partial charge in [-0.1, -0.05) is 16.7 Å². The molecule has 0 aliphatic carbocycles. The third-order valence-corrected chi connectivity index (χ3v) is 9.85. The van der Waals surface area contributed by atoms with E-state index >= 15 is 0 Å². The van der Waals surface area contributed by atoms with Crippen LogP contribution in [0.1, 0.15) is 27.3 Å². The maximum absolute atomic E-state index is 13.6. The Kier molecular flexibility index (Phi) is 6.58. The van der Waals surface area contributed by atoms with Crippen molar-refractivity contribution in [3.63, 3.8) is 0 Å². The number of piperazine rings is 1. The Hall–Kier alpha value is -3.44. The molecule has 2 amide bonds. The zero-order chi connectivity index (χ0) is 27.3. The monoisotopic (exact) mass is 590 g/mol. The first-order chi connectivity index (χ1) is 18.7. The second kappa shape index (κ2) is 9.95.